The highest BCUT2D eigenvalue weighted by atomic mass is 16.5. The third-order valence-corrected chi connectivity index (χ3v) is 4.54. The van der Waals surface area contributed by atoms with E-state index in [2.05, 4.69) is 6.92 Å². The molecule has 0 aliphatic heterocycles. The number of hydrogen-bond donors (Lipinski definition) is 1. The highest BCUT2D eigenvalue weighted by Crippen LogP contribution is 2.34. The van der Waals surface area contributed by atoms with Crippen molar-refractivity contribution in [3.8, 4) is 0 Å². The fourth-order valence-corrected chi connectivity index (χ4v) is 3.20. The van der Waals surface area contributed by atoms with Gasteiger partial charge in [0.15, 0.2) is 0 Å². The summed E-state index contributed by atoms with van der Waals surface area (Å²) in [4.78, 5) is 0. The Balaban J connectivity index is 2.33. The van der Waals surface area contributed by atoms with Gasteiger partial charge in [-0.15, -0.1) is 0 Å². The van der Waals surface area contributed by atoms with E-state index < -0.39 is 0 Å². The monoisotopic (exact) mass is 256 g/mol. The Hall–Kier alpha value is -0.0800. The zero-order valence-electron chi connectivity index (χ0n) is 12.4. The second-order valence-electron chi connectivity index (χ2n) is 5.90. The number of ether oxygens (including phenoxy) is 1. The molecule has 0 bridgehead atoms. The van der Waals surface area contributed by atoms with Gasteiger partial charge in [-0.05, 0) is 19.3 Å². The maximum atomic E-state index is 10.5. The van der Waals surface area contributed by atoms with Gasteiger partial charge in [0.25, 0.3) is 0 Å². The molecule has 0 aromatic carbocycles. The Bertz CT molecular complexity index is 195. The van der Waals surface area contributed by atoms with E-state index in [0.29, 0.717) is 0 Å². The lowest BCUT2D eigenvalue weighted by Gasteiger charge is -2.36. The van der Waals surface area contributed by atoms with Crippen LogP contribution in [0.4, 0.5) is 0 Å². The number of rotatable bonds is 8. The molecule has 1 aliphatic carbocycles. The first kappa shape index (κ1) is 16.0. The Morgan fingerprint density at radius 2 is 1.61 bits per heavy atom. The van der Waals surface area contributed by atoms with Gasteiger partial charge in [-0.3, -0.25) is 0 Å². The standard InChI is InChI=1S/C16H32O2/c1-3-4-5-6-9-12-15(17)16(18-2)13-10-7-8-11-14-16/h15,17H,3-14H2,1-2H3. The smallest absolute Gasteiger partial charge is 0.0936 e. The van der Waals surface area contributed by atoms with Crippen LogP contribution in [0.2, 0.25) is 0 Å². The van der Waals surface area contributed by atoms with Crippen molar-refractivity contribution >= 4 is 0 Å². The molecule has 0 aromatic rings. The summed E-state index contributed by atoms with van der Waals surface area (Å²) in [6.45, 7) is 2.24. The van der Waals surface area contributed by atoms with Crippen LogP contribution < -0.4 is 0 Å². The molecule has 108 valence electrons. The van der Waals surface area contributed by atoms with Gasteiger partial charge in [0.05, 0.1) is 11.7 Å². The van der Waals surface area contributed by atoms with Crippen LogP contribution in [0.25, 0.3) is 0 Å². The molecular formula is C16H32O2. The Morgan fingerprint density at radius 1 is 1.00 bits per heavy atom. The lowest BCUT2D eigenvalue weighted by molar-refractivity contribution is -0.114. The van der Waals surface area contributed by atoms with E-state index in [4.69, 9.17) is 4.74 Å². The van der Waals surface area contributed by atoms with Gasteiger partial charge >= 0.3 is 0 Å². The van der Waals surface area contributed by atoms with Crippen molar-refractivity contribution in [2.24, 2.45) is 0 Å². The van der Waals surface area contributed by atoms with Gasteiger partial charge in [-0.25, -0.2) is 0 Å². The first-order valence-electron chi connectivity index (χ1n) is 7.98. The molecule has 1 fully saturated rings. The molecule has 18 heavy (non-hydrogen) atoms. The fourth-order valence-electron chi connectivity index (χ4n) is 3.20. The first-order chi connectivity index (χ1) is 8.75. The summed E-state index contributed by atoms with van der Waals surface area (Å²) in [7, 11) is 1.78. The SMILES string of the molecule is CCCCCCCC(O)C1(OC)CCCCCC1. The quantitative estimate of drug-likeness (QED) is 0.513. The summed E-state index contributed by atoms with van der Waals surface area (Å²) in [5.74, 6) is 0. The summed E-state index contributed by atoms with van der Waals surface area (Å²) in [6, 6.07) is 0. The van der Waals surface area contributed by atoms with Crippen LogP contribution in [0.1, 0.15) is 84.0 Å². The summed E-state index contributed by atoms with van der Waals surface area (Å²) in [6.07, 6.45) is 14.1. The van der Waals surface area contributed by atoms with Crippen molar-refractivity contribution in [3.63, 3.8) is 0 Å². The Morgan fingerprint density at radius 3 is 2.17 bits per heavy atom. The van der Waals surface area contributed by atoms with Gasteiger partial charge in [-0.2, -0.15) is 0 Å². The lowest BCUT2D eigenvalue weighted by atomic mass is 9.85. The molecule has 2 heteroatoms. The molecule has 1 N–H and O–H groups in total. The van der Waals surface area contributed by atoms with Crippen LogP contribution in [0.5, 0.6) is 0 Å². The lowest BCUT2D eigenvalue weighted by Crippen LogP contribution is -2.43. The van der Waals surface area contributed by atoms with Crippen LogP contribution in [-0.4, -0.2) is 23.9 Å². The third-order valence-electron chi connectivity index (χ3n) is 4.54. The highest BCUT2D eigenvalue weighted by molar-refractivity contribution is 4.89. The van der Waals surface area contributed by atoms with Crippen molar-refractivity contribution in [1.29, 1.82) is 0 Å². The topological polar surface area (TPSA) is 29.5 Å². The maximum absolute atomic E-state index is 10.5. The van der Waals surface area contributed by atoms with Crippen LogP contribution in [0.15, 0.2) is 0 Å². The van der Waals surface area contributed by atoms with Crippen molar-refractivity contribution in [2.75, 3.05) is 7.11 Å². The average molecular weight is 256 g/mol. The number of methoxy groups -OCH3 is 1. The zero-order valence-corrected chi connectivity index (χ0v) is 12.4. The van der Waals surface area contributed by atoms with Crippen LogP contribution in [0.3, 0.4) is 0 Å². The van der Waals surface area contributed by atoms with Crippen molar-refractivity contribution in [1.82, 2.24) is 0 Å². The number of aliphatic hydroxyl groups is 1. The van der Waals surface area contributed by atoms with E-state index >= 15 is 0 Å². The minimum Gasteiger partial charge on any atom is -0.390 e. The minimum absolute atomic E-state index is 0.235. The molecule has 1 atom stereocenters. The molecule has 0 heterocycles. The molecule has 1 saturated carbocycles. The van der Waals surface area contributed by atoms with E-state index in [-0.39, 0.29) is 11.7 Å². The molecule has 0 amide bonds. The molecule has 1 aliphatic rings. The second kappa shape index (κ2) is 8.92. The number of unbranched alkanes of at least 4 members (excludes halogenated alkanes) is 4. The van der Waals surface area contributed by atoms with E-state index in [1.165, 1.54) is 51.4 Å². The zero-order chi connectivity index (χ0) is 13.3. The molecular weight excluding hydrogens is 224 g/mol. The van der Waals surface area contributed by atoms with E-state index in [1.807, 2.05) is 0 Å². The van der Waals surface area contributed by atoms with Gasteiger partial charge in [0.1, 0.15) is 0 Å². The minimum atomic E-state index is -0.262. The van der Waals surface area contributed by atoms with Crippen LogP contribution in [-0.2, 0) is 4.74 Å². The first-order valence-corrected chi connectivity index (χ1v) is 7.98. The van der Waals surface area contributed by atoms with Crippen LogP contribution >= 0.6 is 0 Å². The molecule has 1 unspecified atom stereocenters. The Kier molecular flexibility index (Phi) is 7.92. The van der Waals surface area contributed by atoms with Gasteiger partial charge < -0.3 is 9.84 Å². The number of aliphatic hydroxyl groups excluding tert-OH is 1. The van der Waals surface area contributed by atoms with E-state index in [1.54, 1.807) is 7.11 Å². The average Bonchev–Trinajstić information content (AvgIpc) is 2.64. The molecule has 0 saturated heterocycles. The molecule has 1 rings (SSSR count). The highest BCUT2D eigenvalue weighted by Gasteiger charge is 2.37. The third kappa shape index (κ3) is 4.89. The van der Waals surface area contributed by atoms with Crippen molar-refractivity contribution in [2.45, 2.75) is 95.7 Å². The predicted octanol–water partition coefficient (Wildman–Crippen LogP) is 4.45. The Labute approximate surface area is 113 Å². The van der Waals surface area contributed by atoms with Gasteiger partial charge in [-0.1, -0.05) is 64.7 Å². The van der Waals surface area contributed by atoms with Gasteiger partial charge in [0.2, 0.25) is 0 Å². The summed E-state index contributed by atoms with van der Waals surface area (Å²) in [5, 5.41) is 10.5. The van der Waals surface area contributed by atoms with E-state index in [9.17, 15) is 5.11 Å². The largest absolute Gasteiger partial charge is 0.390 e. The normalized spacial score (nSPS) is 21.5. The number of hydrogen-bond acceptors (Lipinski definition) is 2. The maximum Gasteiger partial charge on any atom is 0.0936 e. The summed E-state index contributed by atoms with van der Waals surface area (Å²) < 4.78 is 5.75. The van der Waals surface area contributed by atoms with E-state index in [0.717, 1.165) is 25.7 Å². The van der Waals surface area contributed by atoms with Gasteiger partial charge in [0, 0.05) is 7.11 Å². The second-order valence-corrected chi connectivity index (χ2v) is 5.90. The molecule has 0 aromatic heterocycles. The summed E-state index contributed by atoms with van der Waals surface area (Å²) in [5.41, 5.74) is -0.235. The van der Waals surface area contributed by atoms with Crippen molar-refractivity contribution < 1.29 is 9.84 Å². The summed E-state index contributed by atoms with van der Waals surface area (Å²) >= 11 is 0. The molecule has 2 nitrogen and oxygen atoms in total. The van der Waals surface area contributed by atoms with Crippen molar-refractivity contribution in [3.05, 3.63) is 0 Å². The fraction of sp³-hybridized carbons (Fsp3) is 1.00. The molecule has 0 radical (unpaired) electrons. The molecule has 0 spiro atoms. The van der Waals surface area contributed by atoms with Crippen LogP contribution in [0, 0.1) is 0 Å². The predicted molar refractivity (Wildman–Crippen MR) is 76.8 cm³/mol.